The highest BCUT2D eigenvalue weighted by Crippen LogP contribution is 1.95. The van der Waals surface area contributed by atoms with Crippen molar-refractivity contribution < 1.29 is 0 Å². The lowest BCUT2D eigenvalue weighted by Gasteiger charge is -2.00. The van der Waals surface area contributed by atoms with Crippen molar-refractivity contribution in [3.8, 4) is 6.07 Å². The van der Waals surface area contributed by atoms with Gasteiger partial charge in [0.25, 0.3) is 0 Å². The van der Waals surface area contributed by atoms with Gasteiger partial charge < -0.3 is 0 Å². The van der Waals surface area contributed by atoms with Crippen molar-refractivity contribution in [3.63, 3.8) is 0 Å². The Morgan fingerprint density at radius 2 is 2.60 bits per heavy atom. The number of hydrogen-bond donors (Lipinski definition) is 0. The third-order valence-corrected chi connectivity index (χ3v) is 1.24. The number of aromatic nitrogens is 2. The molecule has 10 heavy (non-hydrogen) atoms. The Bertz CT molecular complexity index is 219. The van der Waals surface area contributed by atoms with Crippen LogP contribution >= 0.6 is 0 Å². The molecule has 3 heteroatoms. The Morgan fingerprint density at radius 1 is 1.80 bits per heavy atom. The molecule has 0 N–H and O–H groups in total. The number of nitrogens with zero attached hydrogens (tertiary/aromatic N) is 3. The molecule has 0 aliphatic heterocycles. The van der Waals surface area contributed by atoms with Gasteiger partial charge in [-0.2, -0.15) is 10.4 Å². The summed E-state index contributed by atoms with van der Waals surface area (Å²) in [5.41, 5.74) is 0. The molecule has 3 nitrogen and oxygen atoms in total. The highest BCUT2D eigenvalue weighted by molar-refractivity contribution is 4.83. The third-order valence-electron chi connectivity index (χ3n) is 1.24. The van der Waals surface area contributed by atoms with Crippen LogP contribution in [0.5, 0.6) is 0 Å². The molecule has 0 bridgehead atoms. The molecule has 0 saturated carbocycles. The molecular formula is C7H9N3. The van der Waals surface area contributed by atoms with Gasteiger partial charge in [0.1, 0.15) is 0 Å². The molecule has 1 rings (SSSR count). The van der Waals surface area contributed by atoms with Gasteiger partial charge in [-0.1, -0.05) is 0 Å². The molecular weight excluding hydrogens is 126 g/mol. The van der Waals surface area contributed by atoms with E-state index in [1.807, 2.05) is 19.2 Å². The topological polar surface area (TPSA) is 41.6 Å². The summed E-state index contributed by atoms with van der Waals surface area (Å²) < 4.78 is 1.76. The number of rotatable bonds is 2. The Hall–Kier alpha value is -1.30. The fourth-order valence-electron chi connectivity index (χ4n) is 0.730. The van der Waals surface area contributed by atoms with E-state index in [4.69, 9.17) is 5.26 Å². The molecule has 0 aliphatic rings. The Morgan fingerprint density at radius 3 is 3.10 bits per heavy atom. The van der Waals surface area contributed by atoms with Gasteiger partial charge in [0.15, 0.2) is 0 Å². The van der Waals surface area contributed by atoms with Crippen LogP contribution in [-0.4, -0.2) is 9.78 Å². The zero-order valence-electron chi connectivity index (χ0n) is 5.86. The molecule has 0 aromatic carbocycles. The second-order valence-electron chi connectivity index (χ2n) is 2.26. The Balaban J connectivity index is 2.50. The fraction of sp³-hybridized carbons (Fsp3) is 0.429. The van der Waals surface area contributed by atoms with Crippen LogP contribution in [0.4, 0.5) is 0 Å². The minimum Gasteiger partial charge on any atom is -0.271 e. The molecule has 52 valence electrons. The van der Waals surface area contributed by atoms with Gasteiger partial charge in [0.2, 0.25) is 0 Å². The minimum atomic E-state index is 0.0416. The van der Waals surface area contributed by atoms with Crippen LogP contribution in [0.3, 0.4) is 0 Å². The predicted octanol–water partition coefficient (Wildman–Crippen LogP) is 1.04. The van der Waals surface area contributed by atoms with Crippen LogP contribution in [0.25, 0.3) is 0 Å². The first-order chi connectivity index (χ1) is 4.83. The monoisotopic (exact) mass is 135 g/mol. The molecule has 1 aromatic heterocycles. The van der Waals surface area contributed by atoms with Crippen LogP contribution in [0, 0.1) is 17.2 Å². The van der Waals surface area contributed by atoms with E-state index in [0.717, 1.165) is 0 Å². The summed E-state index contributed by atoms with van der Waals surface area (Å²) in [7, 11) is 0. The summed E-state index contributed by atoms with van der Waals surface area (Å²) >= 11 is 0. The van der Waals surface area contributed by atoms with Crippen molar-refractivity contribution in [1.82, 2.24) is 9.78 Å². The highest BCUT2D eigenvalue weighted by atomic mass is 15.3. The number of nitriles is 1. The van der Waals surface area contributed by atoms with E-state index in [2.05, 4.69) is 11.2 Å². The van der Waals surface area contributed by atoms with Crippen molar-refractivity contribution in [3.05, 3.63) is 18.5 Å². The van der Waals surface area contributed by atoms with Crippen molar-refractivity contribution in [2.45, 2.75) is 13.5 Å². The van der Waals surface area contributed by atoms with E-state index in [9.17, 15) is 0 Å². The minimum absolute atomic E-state index is 0.0416. The van der Waals surface area contributed by atoms with Crippen molar-refractivity contribution >= 4 is 0 Å². The molecule has 0 saturated heterocycles. The van der Waals surface area contributed by atoms with Crippen LogP contribution in [-0.2, 0) is 6.54 Å². The predicted molar refractivity (Wildman–Crippen MR) is 37.0 cm³/mol. The van der Waals surface area contributed by atoms with Gasteiger partial charge in [-0.25, -0.2) is 0 Å². The second-order valence-corrected chi connectivity index (χ2v) is 2.26. The molecule has 0 radical (unpaired) electrons. The van der Waals surface area contributed by atoms with Gasteiger partial charge in [-0.05, 0) is 13.0 Å². The van der Waals surface area contributed by atoms with Crippen molar-refractivity contribution in [2.75, 3.05) is 0 Å². The maximum absolute atomic E-state index is 8.44. The van der Waals surface area contributed by atoms with Gasteiger partial charge >= 0.3 is 0 Å². The molecule has 1 aromatic rings. The van der Waals surface area contributed by atoms with E-state index < -0.39 is 0 Å². The molecule has 1 heterocycles. The van der Waals surface area contributed by atoms with Crippen molar-refractivity contribution in [2.24, 2.45) is 5.92 Å². The van der Waals surface area contributed by atoms with Crippen molar-refractivity contribution in [1.29, 1.82) is 5.26 Å². The summed E-state index contributed by atoms with van der Waals surface area (Å²) in [4.78, 5) is 0. The summed E-state index contributed by atoms with van der Waals surface area (Å²) in [6.07, 6.45) is 3.57. The zero-order chi connectivity index (χ0) is 7.40. The standard InChI is InChI=1S/C7H9N3/c1-7(5-8)6-10-4-2-3-9-10/h2-4,7H,6H2,1H3. The Kier molecular flexibility index (Phi) is 2.06. The van der Waals surface area contributed by atoms with Gasteiger partial charge in [-0.15, -0.1) is 0 Å². The quantitative estimate of drug-likeness (QED) is 0.608. The molecule has 1 unspecified atom stereocenters. The zero-order valence-corrected chi connectivity index (χ0v) is 5.86. The summed E-state index contributed by atoms with van der Waals surface area (Å²) in [5, 5.41) is 12.4. The lowest BCUT2D eigenvalue weighted by molar-refractivity contribution is 0.528. The second kappa shape index (κ2) is 3.02. The molecule has 0 spiro atoms. The fourth-order valence-corrected chi connectivity index (χ4v) is 0.730. The van der Waals surface area contributed by atoms with E-state index in [1.54, 1.807) is 10.9 Å². The first kappa shape index (κ1) is 6.81. The SMILES string of the molecule is CC(C#N)Cn1cccn1. The van der Waals surface area contributed by atoms with Crippen LogP contribution in [0.2, 0.25) is 0 Å². The van der Waals surface area contributed by atoms with E-state index in [1.165, 1.54) is 0 Å². The molecule has 0 fully saturated rings. The lowest BCUT2D eigenvalue weighted by atomic mass is 10.2. The third kappa shape index (κ3) is 1.59. The first-order valence-corrected chi connectivity index (χ1v) is 3.20. The summed E-state index contributed by atoms with van der Waals surface area (Å²) in [6, 6.07) is 3.99. The summed E-state index contributed by atoms with van der Waals surface area (Å²) in [5.74, 6) is 0.0416. The van der Waals surface area contributed by atoms with Crippen LogP contribution in [0.1, 0.15) is 6.92 Å². The lowest BCUT2D eigenvalue weighted by Crippen LogP contribution is -2.05. The maximum Gasteiger partial charge on any atom is 0.0672 e. The van der Waals surface area contributed by atoms with Crippen LogP contribution < -0.4 is 0 Å². The van der Waals surface area contributed by atoms with Gasteiger partial charge in [0, 0.05) is 12.4 Å². The highest BCUT2D eigenvalue weighted by Gasteiger charge is 1.98. The molecule has 1 atom stereocenters. The average molecular weight is 135 g/mol. The average Bonchev–Trinajstić information content (AvgIpc) is 2.40. The van der Waals surface area contributed by atoms with Gasteiger partial charge in [-0.3, -0.25) is 4.68 Å². The van der Waals surface area contributed by atoms with Gasteiger partial charge in [0.05, 0.1) is 18.5 Å². The Labute approximate surface area is 59.9 Å². The summed E-state index contributed by atoms with van der Waals surface area (Å²) in [6.45, 7) is 2.56. The maximum atomic E-state index is 8.44. The van der Waals surface area contributed by atoms with E-state index in [-0.39, 0.29) is 5.92 Å². The van der Waals surface area contributed by atoms with E-state index in [0.29, 0.717) is 6.54 Å². The van der Waals surface area contributed by atoms with Crippen LogP contribution in [0.15, 0.2) is 18.5 Å². The largest absolute Gasteiger partial charge is 0.271 e. The number of hydrogen-bond acceptors (Lipinski definition) is 2. The van der Waals surface area contributed by atoms with E-state index >= 15 is 0 Å². The molecule has 0 aliphatic carbocycles. The normalized spacial score (nSPS) is 12.4. The smallest absolute Gasteiger partial charge is 0.0672 e. The molecule has 0 amide bonds. The first-order valence-electron chi connectivity index (χ1n) is 3.20.